The minimum Gasteiger partial charge on any atom is -0.298 e. The van der Waals surface area contributed by atoms with Crippen LogP contribution in [0, 0.1) is 4.91 Å². The molecule has 2 aromatic rings. The monoisotopic (exact) mass is 186 g/mol. The van der Waals surface area contributed by atoms with E-state index in [1.807, 2.05) is 6.07 Å². The molecular formula is C10H6N2O2. The number of nitroso groups, excluding NO2 is 1. The van der Waals surface area contributed by atoms with Gasteiger partial charge in [0.2, 0.25) is 0 Å². The molecule has 1 aromatic carbocycles. The molecule has 4 heteroatoms. The van der Waals surface area contributed by atoms with E-state index >= 15 is 0 Å². The summed E-state index contributed by atoms with van der Waals surface area (Å²) >= 11 is 0. The highest BCUT2D eigenvalue weighted by Gasteiger charge is 2.04. The number of pyridine rings is 1. The number of hydrogen-bond acceptors (Lipinski definition) is 4. The van der Waals surface area contributed by atoms with Crippen molar-refractivity contribution in [1.82, 2.24) is 4.98 Å². The maximum absolute atomic E-state index is 10.6. The zero-order chi connectivity index (χ0) is 9.97. The van der Waals surface area contributed by atoms with Crippen molar-refractivity contribution >= 4 is 22.9 Å². The predicted molar refractivity (Wildman–Crippen MR) is 52.6 cm³/mol. The molecule has 1 aromatic heterocycles. The lowest BCUT2D eigenvalue weighted by Gasteiger charge is -1.98. The Hall–Kier alpha value is -2.10. The second-order valence-electron chi connectivity index (χ2n) is 2.82. The second-order valence-corrected chi connectivity index (χ2v) is 2.82. The summed E-state index contributed by atoms with van der Waals surface area (Å²) in [4.78, 5) is 25.1. The number of nitrogens with zero attached hydrogens (tertiary/aromatic N) is 2. The van der Waals surface area contributed by atoms with Gasteiger partial charge < -0.3 is 0 Å². The second kappa shape index (κ2) is 3.33. The molecule has 14 heavy (non-hydrogen) atoms. The van der Waals surface area contributed by atoms with Crippen molar-refractivity contribution in [2.45, 2.75) is 0 Å². The number of fused-ring (bicyclic) bond motifs is 1. The van der Waals surface area contributed by atoms with E-state index in [2.05, 4.69) is 10.2 Å². The number of aromatic nitrogens is 1. The zero-order valence-corrected chi connectivity index (χ0v) is 7.18. The van der Waals surface area contributed by atoms with E-state index in [9.17, 15) is 9.70 Å². The first-order chi connectivity index (χ1) is 6.85. The molecule has 0 bridgehead atoms. The third-order valence-corrected chi connectivity index (χ3v) is 1.98. The summed E-state index contributed by atoms with van der Waals surface area (Å²) in [7, 11) is 0. The first-order valence-electron chi connectivity index (χ1n) is 4.02. The molecule has 0 saturated carbocycles. The van der Waals surface area contributed by atoms with Crippen LogP contribution in [0.15, 0.2) is 35.6 Å². The molecule has 0 unspecified atom stereocenters. The average molecular weight is 186 g/mol. The molecule has 0 N–H and O–H groups in total. The van der Waals surface area contributed by atoms with Crippen LogP contribution in [0.1, 0.15) is 10.4 Å². The van der Waals surface area contributed by atoms with Crippen LogP contribution in [-0.4, -0.2) is 11.3 Å². The highest BCUT2D eigenvalue weighted by Crippen LogP contribution is 2.23. The standard InChI is InChI=1S/C10H6N2O2/c13-6-8-5-9-7(2-1-3-11-9)4-10(8)12-14/h1-6H. The summed E-state index contributed by atoms with van der Waals surface area (Å²) in [5.74, 6) is 0. The van der Waals surface area contributed by atoms with Gasteiger partial charge in [-0.25, -0.2) is 0 Å². The quantitative estimate of drug-likeness (QED) is 0.534. The largest absolute Gasteiger partial charge is 0.298 e. The maximum atomic E-state index is 10.6. The predicted octanol–water partition coefficient (Wildman–Crippen LogP) is 2.45. The van der Waals surface area contributed by atoms with E-state index in [-0.39, 0.29) is 11.3 Å². The van der Waals surface area contributed by atoms with Crippen LogP contribution >= 0.6 is 0 Å². The SMILES string of the molecule is O=Cc1cc2ncccc2cc1N=O. The fourth-order valence-corrected chi connectivity index (χ4v) is 1.30. The van der Waals surface area contributed by atoms with Gasteiger partial charge >= 0.3 is 0 Å². The molecule has 0 aliphatic heterocycles. The first-order valence-corrected chi connectivity index (χ1v) is 4.02. The summed E-state index contributed by atoms with van der Waals surface area (Å²) in [6, 6.07) is 6.68. The van der Waals surface area contributed by atoms with Crippen LogP contribution in [0.25, 0.3) is 10.9 Å². The number of carbonyl (C=O) groups is 1. The lowest BCUT2D eigenvalue weighted by molar-refractivity contribution is 0.112. The van der Waals surface area contributed by atoms with Gasteiger partial charge in [0.05, 0.1) is 5.52 Å². The Morgan fingerprint density at radius 1 is 1.36 bits per heavy atom. The number of rotatable bonds is 2. The number of aldehydes is 1. The third kappa shape index (κ3) is 1.26. The van der Waals surface area contributed by atoms with E-state index < -0.39 is 0 Å². The fourth-order valence-electron chi connectivity index (χ4n) is 1.30. The Balaban J connectivity index is 2.81. The molecule has 0 saturated heterocycles. The van der Waals surface area contributed by atoms with Gasteiger partial charge in [-0.15, -0.1) is 4.91 Å². The molecule has 0 aliphatic rings. The Kier molecular flexibility index (Phi) is 2.02. The number of hydrogen-bond donors (Lipinski definition) is 0. The highest BCUT2D eigenvalue weighted by molar-refractivity contribution is 5.92. The van der Waals surface area contributed by atoms with Crippen molar-refractivity contribution in [3.63, 3.8) is 0 Å². The van der Waals surface area contributed by atoms with Crippen molar-refractivity contribution < 1.29 is 4.79 Å². The Morgan fingerprint density at radius 2 is 2.21 bits per heavy atom. The van der Waals surface area contributed by atoms with Gasteiger partial charge in [-0.2, -0.15) is 0 Å². The lowest BCUT2D eigenvalue weighted by atomic mass is 10.1. The van der Waals surface area contributed by atoms with E-state index in [1.54, 1.807) is 24.4 Å². The number of carbonyl (C=O) groups excluding carboxylic acids is 1. The van der Waals surface area contributed by atoms with Crippen LogP contribution < -0.4 is 0 Å². The van der Waals surface area contributed by atoms with Gasteiger partial charge in [0.25, 0.3) is 0 Å². The normalized spacial score (nSPS) is 10.0. The molecule has 0 amide bonds. The van der Waals surface area contributed by atoms with E-state index in [0.717, 1.165) is 5.39 Å². The Bertz CT molecular complexity index is 462. The highest BCUT2D eigenvalue weighted by atomic mass is 16.3. The molecule has 68 valence electrons. The minimum atomic E-state index is 0.153. The van der Waals surface area contributed by atoms with E-state index in [1.165, 1.54) is 0 Å². The van der Waals surface area contributed by atoms with Gasteiger partial charge in [-0.3, -0.25) is 9.78 Å². The molecule has 0 atom stereocenters. The average Bonchev–Trinajstić information content (AvgIpc) is 2.27. The third-order valence-electron chi connectivity index (χ3n) is 1.98. The van der Waals surface area contributed by atoms with Crippen molar-refractivity contribution in [2.75, 3.05) is 0 Å². The molecule has 0 radical (unpaired) electrons. The van der Waals surface area contributed by atoms with E-state index in [0.29, 0.717) is 11.8 Å². The zero-order valence-electron chi connectivity index (χ0n) is 7.18. The first kappa shape index (κ1) is 8.50. The Labute approximate surface area is 79.6 Å². The van der Waals surface area contributed by atoms with Crippen LogP contribution in [-0.2, 0) is 0 Å². The summed E-state index contributed by atoms with van der Waals surface area (Å²) in [6.07, 6.45) is 2.23. The Morgan fingerprint density at radius 3 is 2.93 bits per heavy atom. The maximum Gasteiger partial charge on any atom is 0.152 e. The van der Waals surface area contributed by atoms with Gasteiger partial charge in [0.15, 0.2) is 6.29 Å². The summed E-state index contributed by atoms with van der Waals surface area (Å²) in [6.45, 7) is 0. The molecule has 4 nitrogen and oxygen atoms in total. The van der Waals surface area contributed by atoms with Gasteiger partial charge in [0.1, 0.15) is 5.69 Å². The van der Waals surface area contributed by atoms with Crippen molar-refractivity contribution in [3.8, 4) is 0 Å². The topological polar surface area (TPSA) is 59.4 Å². The lowest BCUT2D eigenvalue weighted by Crippen LogP contribution is -1.84. The fraction of sp³-hybridized carbons (Fsp3) is 0. The molecule has 0 spiro atoms. The van der Waals surface area contributed by atoms with Gasteiger partial charge in [0, 0.05) is 17.1 Å². The molecule has 1 heterocycles. The minimum absolute atomic E-state index is 0.153. The molecule has 0 fully saturated rings. The van der Waals surface area contributed by atoms with Crippen LogP contribution in [0.4, 0.5) is 5.69 Å². The van der Waals surface area contributed by atoms with Crippen molar-refractivity contribution in [2.24, 2.45) is 5.18 Å². The van der Waals surface area contributed by atoms with Gasteiger partial charge in [-0.1, -0.05) is 6.07 Å². The van der Waals surface area contributed by atoms with Crippen LogP contribution in [0.3, 0.4) is 0 Å². The smallest absolute Gasteiger partial charge is 0.152 e. The molecular weight excluding hydrogens is 180 g/mol. The van der Waals surface area contributed by atoms with Crippen LogP contribution in [0.5, 0.6) is 0 Å². The molecule has 0 aliphatic carbocycles. The van der Waals surface area contributed by atoms with Crippen LogP contribution in [0.2, 0.25) is 0 Å². The summed E-state index contributed by atoms with van der Waals surface area (Å²) in [5, 5.41) is 3.58. The van der Waals surface area contributed by atoms with E-state index in [4.69, 9.17) is 0 Å². The summed E-state index contributed by atoms with van der Waals surface area (Å²) in [5.41, 5.74) is 1.11. The summed E-state index contributed by atoms with van der Waals surface area (Å²) < 4.78 is 0. The molecule has 2 rings (SSSR count). The van der Waals surface area contributed by atoms with Crippen molar-refractivity contribution in [1.29, 1.82) is 0 Å². The van der Waals surface area contributed by atoms with Crippen molar-refractivity contribution in [3.05, 3.63) is 40.9 Å². The van der Waals surface area contributed by atoms with Gasteiger partial charge in [-0.05, 0) is 23.4 Å². The number of benzene rings is 1.